The van der Waals surface area contributed by atoms with E-state index in [0.717, 1.165) is 5.56 Å². The number of nitrogens with zero attached hydrogens (tertiary/aromatic N) is 2. The summed E-state index contributed by atoms with van der Waals surface area (Å²) in [5, 5.41) is 14.6. The average molecular weight is 383 g/mol. The van der Waals surface area contributed by atoms with E-state index in [1.165, 1.54) is 7.11 Å². The van der Waals surface area contributed by atoms with Crippen LogP contribution in [0.5, 0.6) is 5.75 Å². The number of rotatable bonds is 6. The number of carbonyl (C=O) groups excluding carboxylic acids is 1. The van der Waals surface area contributed by atoms with Crippen LogP contribution in [-0.4, -0.2) is 23.2 Å². The third-order valence-electron chi connectivity index (χ3n) is 3.97. The number of hydrogen-bond acceptors (Lipinski definition) is 5. The van der Waals surface area contributed by atoms with E-state index in [1.807, 2.05) is 37.3 Å². The smallest absolute Gasteiger partial charge is 0.276 e. The first kappa shape index (κ1) is 18.7. The maximum atomic E-state index is 12.4. The zero-order valence-electron chi connectivity index (χ0n) is 14.9. The van der Waals surface area contributed by atoms with Gasteiger partial charge in [-0.1, -0.05) is 41.9 Å². The van der Waals surface area contributed by atoms with Crippen molar-refractivity contribution in [2.75, 3.05) is 17.7 Å². The molecule has 0 spiro atoms. The molecule has 2 N–H and O–H groups in total. The van der Waals surface area contributed by atoms with Crippen LogP contribution in [0.4, 0.5) is 11.5 Å². The topological polar surface area (TPSA) is 76.1 Å². The maximum Gasteiger partial charge on any atom is 0.276 e. The minimum Gasteiger partial charge on any atom is -0.495 e. The highest BCUT2D eigenvalue weighted by Gasteiger charge is 2.13. The van der Waals surface area contributed by atoms with E-state index in [4.69, 9.17) is 16.3 Å². The molecule has 0 radical (unpaired) electrons. The van der Waals surface area contributed by atoms with Gasteiger partial charge in [-0.25, -0.2) is 0 Å². The lowest BCUT2D eigenvalue weighted by Crippen LogP contribution is -2.16. The second-order valence-electron chi connectivity index (χ2n) is 5.88. The highest BCUT2D eigenvalue weighted by Crippen LogP contribution is 2.28. The molecule has 1 atom stereocenters. The number of nitrogens with one attached hydrogen (secondary N) is 2. The summed E-state index contributed by atoms with van der Waals surface area (Å²) in [6.07, 6.45) is 0. The summed E-state index contributed by atoms with van der Waals surface area (Å²) in [6, 6.07) is 18.4. The van der Waals surface area contributed by atoms with Gasteiger partial charge in [0.2, 0.25) is 0 Å². The molecule has 138 valence electrons. The Morgan fingerprint density at radius 2 is 1.85 bits per heavy atom. The third-order valence-corrected chi connectivity index (χ3v) is 4.21. The van der Waals surface area contributed by atoms with E-state index in [1.54, 1.807) is 30.3 Å². The first-order chi connectivity index (χ1) is 13.1. The van der Waals surface area contributed by atoms with Gasteiger partial charge in [0.15, 0.2) is 5.69 Å². The summed E-state index contributed by atoms with van der Waals surface area (Å²) in [4.78, 5) is 12.4. The third kappa shape index (κ3) is 4.74. The SMILES string of the molecule is COc1ccc(Cl)cc1NC(=O)c1ccc(NC(C)c2ccccc2)nn1. The molecular weight excluding hydrogens is 364 g/mol. The van der Waals surface area contributed by atoms with Gasteiger partial charge in [-0.3, -0.25) is 4.79 Å². The predicted molar refractivity (Wildman–Crippen MR) is 106 cm³/mol. The van der Waals surface area contributed by atoms with Crippen molar-refractivity contribution in [1.82, 2.24) is 10.2 Å². The number of amides is 1. The normalized spacial score (nSPS) is 11.5. The molecule has 0 fully saturated rings. The fourth-order valence-electron chi connectivity index (χ4n) is 2.54. The summed E-state index contributed by atoms with van der Waals surface area (Å²) in [5.41, 5.74) is 1.79. The van der Waals surface area contributed by atoms with Crippen LogP contribution in [0.25, 0.3) is 0 Å². The Kier molecular flexibility index (Phi) is 5.88. The van der Waals surface area contributed by atoms with Gasteiger partial charge in [-0.05, 0) is 42.8 Å². The zero-order valence-corrected chi connectivity index (χ0v) is 15.7. The second-order valence-corrected chi connectivity index (χ2v) is 6.32. The molecule has 3 rings (SSSR count). The second kappa shape index (κ2) is 8.51. The molecule has 0 bridgehead atoms. The number of hydrogen-bond donors (Lipinski definition) is 2. The van der Waals surface area contributed by atoms with Gasteiger partial charge in [-0.15, -0.1) is 10.2 Å². The molecule has 0 aliphatic rings. The highest BCUT2D eigenvalue weighted by atomic mass is 35.5. The molecule has 1 heterocycles. The van der Waals surface area contributed by atoms with E-state index in [-0.39, 0.29) is 11.7 Å². The number of methoxy groups -OCH3 is 1. The van der Waals surface area contributed by atoms with Gasteiger partial charge in [0.25, 0.3) is 5.91 Å². The molecule has 0 saturated heterocycles. The number of ether oxygens (including phenoxy) is 1. The molecule has 0 aliphatic heterocycles. The molecule has 7 heteroatoms. The number of halogens is 1. The summed E-state index contributed by atoms with van der Waals surface area (Å²) in [7, 11) is 1.52. The summed E-state index contributed by atoms with van der Waals surface area (Å²) >= 11 is 5.98. The van der Waals surface area contributed by atoms with Crippen LogP contribution in [0.2, 0.25) is 5.02 Å². The van der Waals surface area contributed by atoms with Crippen molar-refractivity contribution in [3.63, 3.8) is 0 Å². The Balaban J connectivity index is 1.68. The van der Waals surface area contributed by atoms with E-state index >= 15 is 0 Å². The minimum atomic E-state index is -0.397. The van der Waals surface area contributed by atoms with Crippen LogP contribution in [-0.2, 0) is 0 Å². The zero-order chi connectivity index (χ0) is 19.2. The predicted octanol–water partition coefficient (Wildman–Crippen LogP) is 4.56. The quantitative estimate of drug-likeness (QED) is 0.653. The molecule has 6 nitrogen and oxygen atoms in total. The van der Waals surface area contributed by atoms with E-state index < -0.39 is 5.91 Å². The van der Waals surface area contributed by atoms with Gasteiger partial charge in [0, 0.05) is 11.1 Å². The molecule has 0 saturated carbocycles. The average Bonchev–Trinajstić information content (AvgIpc) is 2.69. The number of aromatic nitrogens is 2. The van der Waals surface area contributed by atoms with Gasteiger partial charge in [0.1, 0.15) is 11.6 Å². The molecule has 27 heavy (non-hydrogen) atoms. The Labute approximate surface area is 162 Å². The summed E-state index contributed by atoms with van der Waals surface area (Å²) < 4.78 is 5.22. The standard InChI is InChI=1S/C20H19ClN4O2/c1-13(14-6-4-3-5-7-14)22-19-11-9-16(24-25-19)20(26)23-17-12-15(21)8-10-18(17)27-2/h3-13H,1-2H3,(H,22,25)(H,23,26). The lowest BCUT2D eigenvalue weighted by Gasteiger charge is -2.14. The van der Waals surface area contributed by atoms with Gasteiger partial charge < -0.3 is 15.4 Å². The summed E-state index contributed by atoms with van der Waals surface area (Å²) in [6.45, 7) is 2.03. The molecular formula is C20H19ClN4O2. The van der Waals surface area contributed by atoms with Gasteiger partial charge in [0.05, 0.1) is 12.8 Å². The Hall–Kier alpha value is -3.12. The van der Waals surface area contributed by atoms with Crippen LogP contribution in [0.15, 0.2) is 60.7 Å². The van der Waals surface area contributed by atoms with E-state index in [2.05, 4.69) is 20.8 Å². The number of benzene rings is 2. The van der Waals surface area contributed by atoms with Crippen molar-refractivity contribution < 1.29 is 9.53 Å². The van der Waals surface area contributed by atoms with Crippen LogP contribution in [0, 0.1) is 0 Å². The monoisotopic (exact) mass is 382 g/mol. The van der Waals surface area contributed by atoms with Gasteiger partial charge >= 0.3 is 0 Å². The van der Waals surface area contributed by atoms with E-state index in [9.17, 15) is 4.79 Å². The molecule has 2 aromatic carbocycles. The maximum absolute atomic E-state index is 12.4. The largest absolute Gasteiger partial charge is 0.495 e. The van der Waals surface area contributed by atoms with E-state index in [0.29, 0.717) is 22.3 Å². The van der Waals surface area contributed by atoms with Crippen molar-refractivity contribution >= 4 is 29.0 Å². The highest BCUT2D eigenvalue weighted by molar-refractivity contribution is 6.31. The fraction of sp³-hybridized carbons (Fsp3) is 0.150. The molecule has 1 aromatic heterocycles. The van der Waals surface area contributed by atoms with Crippen molar-refractivity contribution in [2.45, 2.75) is 13.0 Å². The number of anilines is 2. The van der Waals surface area contributed by atoms with Gasteiger partial charge in [-0.2, -0.15) is 0 Å². The van der Waals surface area contributed by atoms with Crippen LogP contribution in [0.1, 0.15) is 29.0 Å². The molecule has 1 unspecified atom stereocenters. The Morgan fingerprint density at radius 1 is 1.07 bits per heavy atom. The van der Waals surface area contributed by atoms with Crippen LogP contribution >= 0.6 is 11.6 Å². The molecule has 1 amide bonds. The van der Waals surface area contributed by atoms with Crippen LogP contribution < -0.4 is 15.4 Å². The van der Waals surface area contributed by atoms with Crippen molar-refractivity contribution in [3.8, 4) is 5.75 Å². The fourth-order valence-corrected chi connectivity index (χ4v) is 2.71. The molecule has 3 aromatic rings. The lowest BCUT2D eigenvalue weighted by atomic mass is 10.1. The lowest BCUT2D eigenvalue weighted by molar-refractivity contribution is 0.102. The Morgan fingerprint density at radius 3 is 2.52 bits per heavy atom. The Bertz CT molecular complexity index is 917. The van der Waals surface area contributed by atoms with Crippen molar-refractivity contribution in [2.24, 2.45) is 0 Å². The van der Waals surface area contributed by atoms with Crippen molar-refractivity contribution in [1.29, 1.82) is 0 Å². The first-order valence-electron chi connectivity index (χ1n) is 8.37. The van der Waals surface area contributed by atoms with Crippen molar-refractivity contribution in [3.05, 3.63) is 76.9 Å². The van der Waals surface area contributed by atoms with Crippen LogP contribution in [0.3, 0.4) is 0 Å². The molecule has 0 aliphatic carbocycles. The first-order valence-corrected chi connectivity index (χ1v) is 8.74. The minimum absolute atomic E-state index is 0.0656. The number of carbonyl (C=O) groups is 1. The summed E-state index contributed by atoms with van der Waals surface area (Å²) in [5.74, 6) is 0.699.